The number of halogens is 1. The molecule has 1 N–H and O–H groups in total. The second kappa shape index (κ2) is 6.42. The summed E-state index contributed by atoms with van der Waals surface area (Å²) < 4.78 is 19.0. The lowest BCUT2D eigenvalue weighted by Crippen LogP contribution is -2.18. The molecule has 2 aromatic rings. The molecule has 0 aliphatic rings. The molecule has 1 aromatic heterocycles. The first-order valence-corrected chi connectivity index (χ1v) is 6.48. The van der Waals surface area contributed by atoms with E-state index in [1.54, 1.807) is 13.1 Å². The summed E-state index contributed by atoms with van der Waals surface area (Å²) >= 11 is 0. The smallest absolute Gasteiger partial charge is 0.212 e. The zero-order valence-corrected chi connectivity index (χ0v) is 11.8. The van der Waals surface area contributed by atoms with Crippen molar-refractivity contribution in [3.8, 4) is 5.75 Å². The molecule has 6 nitrogen and oxygen atoms in total. The summed E-state index contributed by atoms with van der Waals surface area (Å²) in [5, 5.41) is 14.8. The van der Waals surface area contributed by atoms with E-state index >= 15 is 0 Å². The highest BCUT2D eigenvalue weighted by Gasteiger charge is 2.13. The van der Waals surface area contributed by atoms with Crippen molar-refractivity contribution in [1.29, 1.82) is 0 Å². The molecule has 0 aliphatic carbocycles. The van der Waals surface area contributed by atoms with Crippen molar-refractivity contribution >= 4 is 0 Å². The topological polar surface area (TPSA) is 64.9 Å². The number of hydrogen-bond donors (Lipinski definition) is 1. The van der Waals surface area contributed by atoms with Gasteiger partial charge in [-0.1, -0.05) is 13.0 Å². The molecule has 1 unspecified atom stereocenters. The Hall–Kier alpha value is -2.02. The van der Waals surface area contributed by atoms with Gasteiger partial charge < -0.3 is 10.1 Å². The fourth-order valence-electron chi connectivity index (χ4n) is 1.93. The fourth-order valence-corrected chi connectivity index (χ4v) is 1.93. The standard InChI is InChI=1S/C13H18FN5O/c1-4-15-9(2)11-6-5-10(14)7-12(11)20-8-13-16-18-19(3)17-13/h5-7,9,15H,4,8H2,1-3H3. The van der Waals surface area contributed by atoms with Crippen molar-refractivity contribution < 1.29 is 9.13 Å². The number of aromatic nitrogens is 4. The molecule has 7 heteroatoms. The molecule has 20 heavy (non-hydrogen) atoms. The van der Waals surface area contributed by atoms with E-state index in [1.165, 1.54) is 16.9 Å². The SMILES string of the molecule is CCNC(C)c1ccc(F)cc1OCc1nnn(C)n1. The molecule has 2 rings (SSSR count). The number of ether oxygens (including phenoxy) is 1. The lowest BCUT2D eigenvalue weighted by atomic mass is 10.1. The van der Waals surface area contributed by atoms with Crippen LogP contribution in [0.15, 0.2) is 18.2 Å². The predicted molar refractivity (Wildman–Crippen MR) is 71.6 cm³/mol. The third-order valence-electron chi connectivity index (χ3n) is 2.86. The first-order chi connectivity index (χ1) is 9.60. The molecule has 0 saturated carbocycles. The zero-order chi connectivity index (χ0) is 14.5. The molecule has 0 fully saturated rings. The Morgan fingerprint density at radius 3 is 2.90 bits per heavy atom. The van der Waals surface area contributed by atoms with Crippen LogP contribution < -0.4 is 10.1 Å². The van der Waals surface area contributed by atoms with E-state index in [2.05, 4.69) is 20.7 Å². The van der Waals surface area contributed by atoms with Gasteiger partial charge in [-0.25, -0.2) is 4.39 Å². The third kappa shape index (κ3) is 3.51. The number of tetrazole rings is 1. The predicted octanol–water partition coefficient (Wildman–Crippen LogP) is 1.60. The van der Waals surface area contributed by atoms with Crippen molar-refractivity contribution in [3.63, 3.8) is 0 Å². The van der Waals surface area contributed by atoms with Crippen molar-refractivity contribution in [2.75, 3.05) is 6.54 Å². The highest BCUT2D eigenvalue weighted by Crippen LogP contribution is 2.26. The molecule has 1 aromatic carbocycles. The Morgan fingerprint density at radius 2 is 2.25 bits per heavy atom. The summed E-state index contributed by atoms with van der Waals surface area (Å²) in [5.74, 6) is 0.615. The van der Waals surface area contributed by atoms with Crippen LogP contribution in [0.25, 0.3) is 0 Å². The maximum Gasteiger partial charge on any atom is 0.212 e. The molecule has 0 radical (unpaired) electrons. The highest BCUT2D eigenvalue weighted by atomic mass is 19.1. The summed E-state index contributed by atoms with van der Waals surface area (Å²) in [6.45, 7) is 5.00. The second-order valence-electron chi connectivity index (χ2n) is 4.45. The molecule has 1 heterocycles. The van der Waals surface area contributed by atoms with E-state index in [4.69, 9.17) is 4.74 Å². The summed E-state index contributed by atoms with van der Waals surface area (Å²) in [6.07, 6.45) is 0. The number of benzene rings is 1. The van der Waals surface area contributed by atoms with Crippen molar-refractivity contribution in [2.24, 2.45) is 7.05 Å². The van der Waals surface area contributed by atoms with Crippen LogP contribution in [0.2, 0.25) is 0 Å². The van der Waals surface area contributed by atoms with Gasteiger partial charge in [-0.3, -0.25) is 0 Å². The summed E-state index contributed by atoms with van der Waals surface area (Å²) in [4.78, 5) is 1.35. The monoisotopic (exact) mass is 279 g/mol. The second-order valence-corrected chi connectivity index (χ2v) is 4.45. The minimum Gasteiger partial charge on any atom is -0.485 e. The Kier molecular flexibility index (Phi) is 4.62. The number of hydrogen-bond acceptors (Lipinski definition) is 5. The summed E-state index contributed by atoms with van der Waals surface area (Å²) in [7, 11) is 1.68. The zero-order valence-electron chi connectivity index (χ0n) is 11.8. The van der Waals surface area contributed by atoms with Crippen molar-refractivity contribution in [1.82, 2.24) is 25.5 Å². The van der Waals surface area contributed by atoms with Gasteiger partial charge in [0.1, 0.15) is 11.6 Å². The van der Waals surface area contributed by atoms with Crippen LogP contribution in [-0.2, 0) is 13.7 Å². The van der Waals surface area contributed by atoms with E-state index in [-0.39, 0.29) is 18.5 Å². The number of aryl methyl sites for hydroxylation is 1. The quantitative estimate of drug-likeness (QED) is 0.870. The van der Waals surface area contributed by atoms with Gasteiger partial charge in [-0.2, -0.15) is 4.80 Å². The average molecular weight is 279 g/mol. The normalized spacial score (nSPS) is 12.4. The largest absolute Gasteiger partial charge is 0.485 e. The molecule has 108 valence electrons. The molecule has 0 saturated heterocycles. The highest BCUT2D eigenvalue weighted by molar-refractivity contribution is 5.36. The average Bonchev–Trinajstić information content (AvgIpc) is 2.82. The van der Waals surface area contributed by atoms with Crippen molar-refractivity contribution in [3.05, 3.63) is 35.4 Å². The Bertz CT molecular complexity index is 572. The van der Waals surface area contributed by atoms with Crippen LogP contribution in [0.1, 0.15) is 31.3 Å². The Balaban J connectivity index is 2.14. The lowest BCUT2D eigenvalue weighted by Gasteiger charge is -2.17. The van der Waals surface area contributed by atoms with E-state index in [0.29, 0.717) is 11.6 Å². The fraction of sp³-hybridized carbons (Fsp3) is 0.462. The van der Waals surface area contributed by atoms with Crippen LogP contribution in [-0.4, -0.2) is 26.8 Å². The van der Waals surface area contributed by atoms with Gasteiger partial charge >= 0.3 is 0 Å². The van der Waals surface area contributed by atoms with Crippen LogP contribution >= 0.6 is 0 Å². The minimum atomic E-state index is -0.334. The van der Waals surface area contributed by atoms with Gasteiger partial charge in [-0.05, 0) is 24.7 Å². The lowest BCUT2D eigenvalue weighted by molar-refractivity contribution is 0.288. The summed E-state index contributed by atoms with van der Waals surface area (Å²) in [5.41, 5.74) is 0.900. The van der Waals surface area contributed by atoms with Gasteiger partial charge in [0.25, 0.3) is 0 Å². The van der Waals surface area contributed by atoms with E-state index < -0.39 is 0 Å². The first kappa shape index (κ1) is 14.4. The van der Waals surface area contributed by atoms with E-state index in [1.807, 2.05) is 13.8 Å². The number of nitrogens with one attached hydrogen (secondary N) is 1. The van der Waals surface area contributed by atoms with Crippen LogP contribution in [0.5, 0.6) is 5.75 Å². The van der Waals surface area contributed by atoms with E-state index in [9.17, 15) is 4.39 Å². The molecular formula is C13H18FN5O. The van der Waals surface area contributed by atoms with Gasteiger partial charge in [0.15, 0.2) is 6.61 Å². The maximum absolute atomic E-state index is 13.4. The maximum atomic E-state index is 13.4. The number of nitrogens with zero attached hydrogens (tertiary/aromatic N) is 4. The third-order valence-corrected chi connectivity index (χ3v) is 2.86. The van der Waals surface area contributed by atoms with Gasteiger partial charge in [0, 0.05) is 17.7 Å². The Labute approximate surface area is 116 Å². The molecule has 0 amide bonds. The van der Waals surface area contributed by atoms with Crippen LogP contribution in [0, 0.1) is 5.82 Å². The molecule has 0 spiro atoms. The molecule has 0 bridgehead atoms. The first-order valence-electron chi connectivity index (χ1n) is 6.48. The van der Waals surface area contributed by atoms with E-state index in [0.717, 1.165) is 12.1 Å². The molecule has 0 aliphatic heterocycles. The number of rotatable bonds is 6. The van der Waals surface area contributed by atoms with Crippen molar-refractivity contribution in [2.45, 2.75) is 26.5 Å². The molecule has 1 atom stereocenters. The summed E-state index contributed by atoms with van der Waals surface area (Å²) in [6, 6.07) is 4.60. The Morgan fingerprint density at radius 1 is 1.45 bits per heavy atom. The van der Waals surface area contributed by atoms with Crippen LogP contribution in [0.3, 0.4) is 0 Å². The van der Waals surface area contributed by atoms with Gasteiger partial charge in [-0.15, -0.1) is 10.2 Å². The van der Waals surface area contributed by atoms with Gasteiger partial charge in [0.2, 0.25) is 5.82 Å². The minimum absolute atomic E-state index is 0.0745. The van der Waals surface area contributed by atoms with Gasteiger partial charge in [0.05, 0.1) is 7.05 Å². The van der Waals surface area contributed by atoms with Crippen LogP contribution in [0.4, 0.5) is 4.39 Å². The molecular weight excluding hydrogens is 261 g/mol.